The molecule has 13 heavy (non-hydrogen) atoms. The first-order valence-corrected chi connectivity index (χ1v) is 6.61. The molecule has 0 aliphatic rings. The summed E-state index contributed by atoms with van der Waals surface area (Å²) in [6.07, 6.45) is 1.31. The lowest BCUT2D eigenvalue weighted by atomic mass is 10.2. The average Bonchev–Trinajstić information content (AvgIpc) is 2.05. The molecule has 0 heterocycles. The van der Waals surface area contributed by atoms with E-state index >= 15 is 0 Å². The minimum Gasteiger partial charge on any atom is -0.383 e. The number of sulfone groups is 1. The van der Waals surface area contributed by atoms with Crippen LogP contribution in [0.1, 0.15) is 19.8 Å². The van der Waals surface area contributed by atoms with Crippen LogP contribution in [0.2, 0.25) is 0 Å². The summed E-state index contributed by atoms with van der Waals surface area (Å²) in [5.74, 6) is 0.445. The topological polar surface area (TPSA) is 43.4 Å². The van der Waals surface area contributed by atoms with Crippen molar-refractivity contribution in [3.05, 3.63) is 0 Å². The van der Waals surface area contributed by atoms with Crippen LogP contribution in [0.25, 0.3) is 0 Å². The molecule has 0 aromatic carbocycles. The Labute approximate surface area is 85.3 Å². The van der Waals surface area contributed by atoms with Gasteiger partial charge in [0.2, 0.25) is 0 Å². The molecule has 5 heteroatoms. The zero-order chi connectivity index (χ0) is 10.3. The SMILES string of the molecule is CCS(=O)(=O)CCCC(Cl)COC. The molecule has 0 saturated carbocycles. The van der Waals surface area contributed by atoms with E-state index in [0.717, 1.165) is 0 Å². The first kappa shape index (κ1) is 13.2. The number of ether oxygens (including phenoxy) is 1. The van der Waals surface area contributed by atoms with Crippen LogP contribution in [0.5, 0.6) is 0 Å². The van der Waals surface area contributed by atoms with Gasteiger partial charge >= 0.3 is 0 Å². The van der Waals surface area contributed by atoms with Crippen LogP contribution in [0.15, 0.2) is 0 Å². The Balaban J connectivity index is 3.56. The molecule has 0 rings (SSSR count). The second-order valence-corrected chi connectivity index (χ2v) is 6.02. The van der Waals surface area contributed by atoms with Gasteiger partial charge in [0.25, 0.3) is 0 Å². The molecule has 1 unspecified atom stereocenters. The van der Waals surface area contributed by atoms with Gasteiger partial charge in [-0.25, -0.2) is 8.42 Å². The number of rotatable bonds is 7. The minimum atomic E-state index is -2.83. The summed E-state index contributed by atoms with van der Waals surface area (Å²) in [7, 11) is -1.25. The van der Waals surface area contributed by atoms with Gasteiger partial charge in [0.05, 0.1) is 17.7 Å². The standard InChI is InChI=1S/C8H17ClO3S/c1-3-13(10,11)6-4-5-8(9)7-12-2/h8H,3-7H2,1-2H3. The second-order valence-electron chi connectivity index (χ2n) is 2.93. The van der Waals surface area contributed by atoms with E-state index in [1.54, 1.807) is 14.0 Å². The van der Waals surface area contributed by atoms with E-state index in [0.29, 0.717) is 19.4 Å². The highest BCUT2D eigenvalue weighted by atomic mass is 35.5. The first-order chi connectivity index (χ1) is 6.02. The molecule has 0 aromatic rings. The lowest BCUT2D eigenvalue weighted by Gasteiger charge is -2.07. The van der Waals surface area contributed by atoms with Gasteiger partial charge in [0, 0.05) is 12.9 Å². The quantitative estimate of drug-likeness (QED) is 0.620. The third-order valence-electron chi connectivity index (χ3n) is 1.76. The molecule has 0 saturated heterocycles. The molecule has 80 valence electrons. The molecule has 0 fully saturated rings. The molecule has 0 aliphatic carbocycles. The maximum Gasteiger partial charge on any atom is 0.150 e. The van der Waals surface area contributed by atoms with E-state index in [-0.39, 0.29) is 16.9 Å². The zero-order valence-electron chi connectivity index (χ0n) is 8.12. The van der Waals surface area contributed by atoms with Gasteiger partial charge in [-0.3, -0.25) is 0 Å². The highest BCUT2D eigenvalue weighted by Crippen LogP contribution is 2.07. The van der Waals surface area contributed by atoms with Gasteiger partial charge in [0.1, 0.15) is 9.84 Å². The van der Waals surface area contributed by atoms with Gasteiger partial charge in [0.15, 0.2) is 0 Å². The van der Waals surface area contributed by atoms with Gasteiger partial charge in [-0.1, -0.05) is 6.92 Å². The van der Waals surface area contributed by atoms with Crippen LogP contribution < -0.4 is 0 Å². The summed E-state index contributed by atoms with van der Waals surface area (Å²) in [6.45, 7) is 2.14. The number of alkyl halides is 1. The summed E-state index contributed by atoms with van der Waals surface area (Å²) in [5, 5.41) is -0.0722. The molecule has 0 spiro atoms. The van der Waals surface area contributed by atoms with Gasteiger partial charge in [-0.2, -0.15) is 0 Å². The fourth-order valence-corrected chi connectivity index (χ4v) is 2.11. The fraction of sp³-hybridized carbons (Fsp3) is 1.00. The summed E-state index contributed by atoms with van der Waals surface area (Å²) < 4.78 is 27.0. The van der Waals surface area contributed by atoms with Crippen LogP contribution in [0, 0.1) is 0 Å². The largest absolute Gasteiger partial charge is 0.383 e. The number of halogens is 1. The van der Waals surface area contributed by atoms with Crippen LogP contribution in [0.3, 0.4) is 0 Å². The van der Waals surface area contributed by atoms with E-state index in [9.17, 15) is 8.42 Å². The molecule has 0 aromatic heterocycles. The van der Waals surface area contributed by atoms with Crippen molar-refractivity contribution >= 4 is 21.4 Å². The van der Waals surface area contributed by atoms with Crippen LogP contribution >= 0.6 is 11.6 Å². The maximum absolute atomic E-state index is 11.1. The smallest absolute Gasteiger partial charge is 0.150 e. The fourth-order valence-electron chi connectivity index (χ4n) is 0.933. The Bertz CT molecular complexity index is 213. The Morgan fingerprint density at radius 1 is 1.46 bits per heavy atom. The van der Waals surface area contributed by atoms with Crippen molar-refractivity contribution in [3.63, 3.8) is 0 Å². The number of methoxy groups -OCH3 is 1. The lowest BCUT2D eigenvalue weighted by molar-refractivity contribution is 0.195. The van der Waals surface area contributed by atoms with Crippen molar-refractivity contribution < 1.29 is 13.2 Å². The summed E-state index contributed by atoms with van der Waals surface area (Å²) >= 11 is 5.83. The van der Waals surface area contributed by atoms with Crippen molar-refractivity contribution in [3.8, 4) is 0 Å². The second kappa shape index (κ2) is 6.62. The third kappa shape index (κ3) is 7.28. The monoisotopic (exact) mass is 228 g/mol. The molecule has 3 nitrogen and oxygen atoms in total. The Hall–Kier alpha value is 0.200. The van der Waals surface area contributed by atoms with Gasteiger partial charge < -0.3 is 4.74 Å². The third-order valence-corrected chi connectivity index (χ3v) is 3.89. The van der Waals surface area contributed by atoms with Crippen molar-refractivity contribution in [2.75, 3.05) is 25.2 Å². The minimum absolute atomic E-state index is 0.0722. The zero-order valence-corrected chi connectivity index (χ0v) is 9.70. The van der Waals surface area contributed by atoms with E-state index < -0.39 is 9.84 Å². The van der Waals surface area contributed by atoms with Crippen molar-refractivity contribution in [2.24, 2.45) is 0 Å². The van der Waals surface area contributed by atoms with E-state index in [1.807, 2.05) is 0 Å². The summed E-state index contributed by atoms with van der Waals surface area (Å²) in [5.41, 5.74) is 0. The Kier molecular flexibility index (Phi) is 6.73. The first-order valence-electron chi connectivity index (χ1n) is 4.35. The normalized spacial score (nSPS) is 14.4. The van der Waals surface area contributed by atoms with Crippen molar-refractivity contribution in [2.45, 2.75) is 25.1 Å². The predicted molar refractivity (Wildman–Crippen MR) is 55.1 cm³/mol. The van der Waals surface area contributed by atoms with Crippen LogP contribution in [-0.2, 0) is 14.6 Å². The maximum atomic E-state index is 11.1. The molecular weight excluding hydrogens is 212 g/mol. The molecule has 0 radical (unpaired) electrons. The average molecular weight is 229 g/mol. The number of hydrogen-bond donors (Lipinski definition) is 0. The molecular formula is C8H17ClO3S. The molecule has 0 bridgehead atoms. The van der Waals surface area contributed by atoms with Gasteiger partial charge in [-0.05, 0) is 12.8 Å². The molecule has 1 atom stereocenters. The molecule has 0 amide bonds. The van der Waals surface area contributed by atoms with Crippen LogP contribution in [-0.4, -0.2) is 39.0 Å². The highest BCUT2D eigenvalue weighted by molar-refractivity contribution is 7.91. The van der Waals surface area contributed by atoms with E-state index in [2.05, 4.69) is 0 Å². The predicted octanol–water partition coefficient (Wildman–Crippen LogP) is 1.46. The van der Waals surface area contributed by atoms with Crippen molar-refractivity contribution in [1.82, 2.24) is 0 Å². The number of hydrogen-bond acceptors (Lipinski definition) is 3. The van der Waals surface area contributed by atoms with E-state index in [4.69, 9.17) is 16.3 Å². The molecule has 0 N–H and O–H groups in total. The highest BCUT2D eigenvalue weighted by Gasteiger charge is 2.09. The lowest BCUT2D eigenvalue weighted by Crippen LogP contribution is -2.12. The van der Waals surface area contributed by atoms with E-state index in [1.165, 1.54) is 0 Å². The van der Waals surface area contributed by atoms with Crippen molar-refractivity contribution in [1.29, 1.82) is 0 Å². The Morgan fingerprint density at radius 3 is 2.54 bits per heavy atom. The summed E-state index contributed by atoms with van der Waals surface area (Å²) in [6, 6.07) is 0. The Morgan fingerprint density at radius 2 is 2.08 bits per heavy atom. The van der Waals surface area contributed by atoms with Crippen LogP contribution in [0.4, 0.5) is 0 Å². The van der Waals surface area contributed by atoms with Gasteiger partial charge in [-0.15, -0.1) is 11.6 Å². The molecule has 0 aliphatic heterocycles. The summed E-state index contributed by atoms with van der Waals surface area (Å²) in [4.78, 5) is 0.